The fourth-order valence-electron chi connectivity index (χ4n) is 1.99. The zero-order valence-corrected chi connectivity index (χ0v) is 6.36. The molecule has 0 aromatic carbocycles. The minimum atomic E-state index is 0.503. The summed E-state index contributed by atoms with van der Waals surface area (Å²) in [5, 5.41) is 0. The summed E-state index contributed by atoms with van der Waals surface area (Å²) in [5.41, 5.74) is 0.673. The lowest BCUT2D eigenvalue weighted by Gasteiger charge is -2.07. The summed E-state index contributed by atoms with van der Waals surface area (Å²) < 4.78 is 0. The van der Waals surface area contributed by atoms with Crippen molar-refractivity contribution in [1.29, 1.82) is 0 Å². The molecule has 0 aromatic heterocycles. The Morgan fingerprint density at radius 3 is 2.50 bits per heavy atom. The first-order valence-electron chi connectivity index (χ1n) is 4.33. The molecular weight excluding hydrogens is 124 g/mol. The van der Waals surface area contributed by atoms with Crippen molar-refractivity contribution in [2.24, 2.45) is 5.41 Å². The summed E-state index contributed by atoms with van der Waals surface area (Å²) in [5.74, 6) is 0.503. The number of ketones is 1. The van der Waals surface area contributed by atoms with Crippen LogP contribution in [-0.2, 0) is 4.79 Å². The van der Waals surface area contributed by atoms with E-state index < -0.39 is 0 Å². The third-order valence-electron chi connectivity index (χ3n) is 3.05. The van der Waals surface area contributed by atoms with Gasteiger partial charge in [0.15, 0.2) is 0 Å². The lowest BCUT2D eigenvalue weighted by Crippen LogP contribution is -1.97. The van der Waals surface area contributed by atoms with Gasteiger partial charge in [-0.3, -0.25) is 4.79 Å². The highest BCUT2D eigenvalue weighted by atomic mass is 16.1. The molecule has 0 amide bonds. The maximum Gasteiger partial charge on any atom is 0.132 e. The average Bonchev–Trinajstić information content (AvgIpc) is 2.67. The molecular formula is C9H14O. The molecule has 2 fully saturated rings. The Bertz CT molecular complexity index is 156. The highest BCUT2D eigenvalue weighted by molar-refractivity contribution is 5.78. The molecule has 0 saturated heterocycles. The van der Waals surface area contributed by atoms with E-state index in [-0.39, 0.29) is 0 Å². The maximum absolute atomic E-state index is 11.0. The molecule has 0 radical (unpaired) electrons. The van der Waals surface area contributed by atoms with Gasteiger partial charge in [-0.05, 0) is 37.5 Å². The van der Waals surface area contributed by atoms with Crippen molar-refractivity contribution in [2.75, 3.05) is 0 Å². The smallest absolute Gasteiger partial charge is 0.132 e. The minimum Gasteiger partial charge on any atom is -0.300 e. The van der Waals surface area contributed by atoms with Crippen LogP contribution in [-0.4, -0.2) is 5.78 Å². The van der Waals surface area contributed by atoms with E-state index in [2.05, 4.69) is 0 Å². The van der Waals surface area contributed by atoms with Gasteiger partial charge in [-0.15, -0.1) is 0 Å². The van der Waals surface area contributed by atoms with Gasteiger partial charge in [0.05, 0.1) is 0 Å². The molecule has 0 bridgehead atoms. The van der Waals surface area contributed by atoms with Crippen molar-refractivity contribution in [3.05, 3.63) is 0 Å². The van der Waals surface area contributed by atoms with Gasteiger partial charge >= 0.3 is 0 Å². The van der Waals surface area contributed by atoms with Gasteiger partial charge < -0.3 is 0 Å². The second kappa shape index (κ2) is 2.08. The van der Waals surface area contributed by atoms with Gasteiger partial charge in [-0.2, -0.15) is 0 Å². The van der Waals surface area contributed by atoms with Crippen LogP contribution in [0.1, 0.15) is 44.9 Å². The fraction of sp³-hybridized carbons (Fsp3) is 0.889. The van der Waals surface area contributed by atoms with E-state index in [9.17, 15) is 4.79 Å². The van der Waals surface area contributed by atoms with Gasteiger partial charge in [0.25, 0.3) is 0 Å². The van der Waals surface area contributed by atoms with Crippen LogP contribution in [0.4, 0.5) is 0 Å². The van der Waals surface area contributed by atoms with Gasteiger partial charge in [-0.25, -0.2) is 0 Å². The van der Waals surface area contributed by atoms with Crippen LogP contribution in [0.25, 0.3) is 0 Å². The van der Waals surface area contributed by atoms with Crippen molar-refractivity contribution in [2.45, 2.75) is 44.9 Å². The molecule has 2 aliphatic carbocycles. The molecule has 0 unspecified atom stereocenters. The predicted molar refractivity (Wildman–Crippen MR) is 39.8 cm³/mol. The van der Waals surface area contributed by atoms with Gasteiger partial charge in [0.2, 0.25) is 0 Å². The van der Waals surface area contributed by atoms with Crippen molar-refractivity contribution in [3.63, 3.8) is 0 Å². The Hall–Kier alpha value is -0.330. The topological polar surface area (TPSA) is 17.1 Å². The summed E-state index contributed by atoms with van der Waals surface area (Å²) in [6.07, 6.45) is 8.24. The normalized spacial score (nSPS) is 30.2. The largest absolute Gasteiger partial charge is 0.300 e. The Morgan fingerprint density at radius 2 is 1.80 bits per heavy atom. The van der Waals surface area contributed by atoms with E-state index in [1.807, 2.05) is 0 Å². The second-order valence-corrected chi connectivity index (χ2v) is 3.89. The number of carbonyl (C=O) groups excluding carboxylic acids is 1. The first kappa shape index (κ1) is 6.38. The quantitative estimate of drug-likeness (QED) is 0.502. The molecule has 0 aromatic rings. The van der Waals surface area contributed by atoms with Crippen molar-refractivity contribution >= 4 is 5.78 Å². The molecule has 2 rings (SSSR count). The molecule has 0 atom stereocenters. The molecule has 2 saturated carbocycles. The Balaban J connectivity index is 1.98. The average molecular weight is 138 g/mol. The molecule has 0 heterocycles. The first-order valence-corrected chi connectivity index (χ1v) is 4.33. The highest BCUT2D eigenvalue weighted by Gasteiger charge is 2.42. The lowest BCUT2D eigenvalue weighted by atomic mass is 9.97. The molecule has 10 heavy (non-hydrogen) atoms. The van der Waals surface area contributed by atoms with Crippen LogP contribution >= 0.6 is 0 Å². The standard InChI is InChI=1S/C9H14O/c10-8-2-1-4-9(5-3-8)6-7-9/h1-7H2. The number of carbonyl (C=O) groups is 1. The van der Waals surface area contributed by atoms with E-state index in [0.29, 0.717) is 11.2 Å². The van der Waals surface area contributed by atoms with Crippen LogP contribution in [0.3, 0.4) is 0 Å². The van der Waals surface area contributed by atoms with Crippen LogP contribution in [0.5, 0.6) is 0 Å². The van der Waals surface area contributed by atoms with E-state index in [4.69, 9.17) is 0 Å². The van der Waals surface area contributed by atoms with Crippen LogP contribution in [0, 0.1) is 5.41 Å². The summed E-state index contributed by atoms with van der Waals surface area (Å²) in [4.78, 5) is 11.0. The molecule has 1 nitrogen and oxygen atoms in total. The summed E-state index contributed by atoms with van der Waals surface area (Å²) in [6.45, 7) is 0. The fourth-order valence-corrected chi connectivity index (χ4v) is 1.99. The van der Waals surface area contributed by atoms with Gasteiger partial charge in [0, 0.05) is 12.8 Å². The molecule has 2 aliphatic rings. The second-order valence-electron chi connectivity index (χ2n) is 3.89. The number of rotatable bonds is 0. The van der Waals surface area contributed by atoms with E-state index in [1.165, 1.54) is 32.1 Å². The third kappa shape index (κ3) is 1.09. The van der Waals surface area contributed by atoms with Crippen LogP contribution in [0.15, 0.2) is 0 Å². The van der Waals surface area contributed by atoms with Crippen LogP contribution < -0.4 is 0 Å². The van der Waals surface area contributed by atoms with Crippen molar-refractivity contribution in [3.8, 4) is 0 Å². The third-order valence-corrected chi connectivity index (χ3v) is 3.05. The van der Waals surface area contributed by atoms with Crippen molar-refractivity contribution in [1.82, 2.24) is 0 Å². The Labute approximate surface area is 61.8 Å². The molecule has 0 aliphatic heterocycles. The summed E-state index contributed by atoms with van der Waals surface area (Å²) in [7, 11) is 0. The highest BCUT2D eigenvalue weighted by Crippen LogP contribution is 2.54. The minimum absolute atomic E-state index is 0.503. The Kier molecular flexibility index (Phi) is 1.33. The number of Topliss-reactive ketones (excluding diaryl/α,β-unsaturated/α-hetero) is 1. The van der Waals surface area contributed by atoms with Gasteiger partial charge in [0.1, 0.15) is 5.78 Å². The predicted octanol–water partition coefficient (Wildman–Crippen LogP) is 2.30. The van der Waals surface area contributed by atoms with E-state index in [0.717, 1.165) is 12.8 Å². The summed E-state index contributed by atoms with van der Waals surface area (Å²) in [6, 6.07) is 0. The molecule has 56 valence electrons. The van der Waals surface area contributed by atoms with E-state index >= 15 is 0 Å². The molecule has 1 heteroatoms. The molecule has 1 spiro atoms. The van der Waals surface area contributed by atoms with Crippen LogP contribution in [0.2, 0.25) is 0 Å². The Morgan fingerprint density at radius 1 is 1.00 bits per heavy atom. The number of hydrogen-bond acceptors (Lipinski definition) is 1. The maximum atomic E-state index is 11.0. The zero-order chi connectivity index (χ0) is 7.03. The monoisotopic (exact) mass is 138 g/mol. The van der Waals surface area contributed by atoms with E-state index in [1.54, 1.807) is 0 Å². The van der Waals surface area contributed by atoms with Crippen molar-refractivity contribution < 1.29 is 4.79 Å². The SMILES string of the molecule is O=C1CCCC2(CC1)CC2. The number of hydrogen-bond donors (Lipinski definition) is 0. The lowest BCUT2D eigenvalue weighted by molar-refractivity contribution is -0.118. The van der Waals surface area contributed by atoms with Gasteiger partial charge in [-0.1, -0.05) is 0 Å². The summed E-state index contributed by atoms with van der Waals surface area (Å²) >= 11 is 0. The first-order chi connectivity index (χ1) is 4.81. The zero-order valence-electron chi connectivity index (χ0n) is 6.36. The molecule has 0 N–H and O–H groups in total.